The fraction of sp³-hybridized carbons (Fsp3) is 0.308. The minimum atomic E-state index is -0.360. The van der Waals surface area contributed by atoms with Gasteiger partial charge in [-0.05, 0) is 25.0 Å². The number of carbonyl (C=O) groups is 1. The zero-order valence-electron chi connectivity index (χ0n) is 9.60. The topological polar surface area (TPSA) is 35.5 Å². The molecule has 0 N–H and O–H groups in total. The Bertz CT molecular complexity index is 351. The summed E-state index contributed by atoms with van der Waals surface area (Å²) in [5.41, 5.74) is 1.98. The summed E-state index contributed by atoms with van der Waals surface area (Å²) in [6.45, 7) is 4.04. The van der Waals surface area contributed by atoms with Crippen molar-refractivity contribution >= 4 is 5.97 Å². The van der Waals surface area contributed by atoms with Crippen molar-refractivity contribution in [2.45, 2.75) is 20.5 Å². The molecule has 0 spiro atoms. The highest BCUT2D eigenvalue weighted by molar-refractivity contribution is 5.70. The van der Waals surface area contributed by atoms with Crippen LogP contribution in [0.4, 0.5) is 0 Å². The van der Waals surface area contributed by atoms with Gasteiger partial charge in [0.25, 0.3) is 0 Å². The van der Waals surface area contributed by atoms with Gasteiger partial charge in [0, 0.05) is 0 Å². The van der Waals surface area contributed by atoms with Crippen LogP contribution in [0.5, 0.6) is 0 Å². The maximum Gasteiger partial charge on any atom is 0.344 e. The summed E-state index contributed by atoms with van der Waals surface area (Å²) in [5, 5.41) is 0. The molecule has 0 bridgehead atoms. The SMILES string of the molecule is CC(C)=COCC(=O)OCc1ccccc1. The van der Waals surface area contributed by atoms with Crippen LogP contribution in [0, 0.1) is 0 Å². The third-order valence-corrected chi connectivity index (χ3v) is 1.76. The van der Waals surface area contributed by atoms with Crippen molar-refractivity contribution in [2.24, 2.45) is 0 Å². The number of ether oxygens (including phenoxy) is 2. The first-order valence-electron chi connectivity index (χ1n) is 5.13. The molecule has 1 aromatic carbocycles. The third-order valence-electron chi connectivity index (χ3n) is 1.76. The van der Waals surface area contributed by atoms with E-state index >= 15 is 0 Å². The molecular weight excluding hydrogens is 204 g/mol. The van der Waals surface area contributed by atoms with Gasteiger partial charge in [-0.25, -0.2) is 4.79 Å². The standard InChI is InChI=1S/C13H16O3/c1-11(2)8-15-10-13(14)16-9-12-6-4-3-5-7-12/h3-8H,9-10H2,1-2H3. The Balaban J connectivity index is 2.23. The predicted molar refractivity (Wildman–Crippen MR) is 61.6 cm³/mol. The van der Waals surface area contributed by atoms with Crippen molar-refractivity contribution in [1.82, 2.24) is 0 Å². The minimum absolute atomic E-state index is 0.0436. The maximum absolute atomic E-state index is 11.2. The Morgan fingerprint density at radius 2 is 1.94 bits per heavy atom. The zero-order chi connectivity index (χ0) is 11.8. The highest BCUT2D eigenvalue weighted by Crippen LogP contribution is 2.00. The molecule has 3 heteroatoms. The minimum Gasteiger partial charge on any atom is -0.490 e. The summed E-state index contributed by atoms with van der Waals surface area (Å²) in [5.74, 6) is -0.360. The smallest absolute Gasteiger partial charge is 0.344 e. The average Bonchev–Trinajstić information content (AvgIpc) is 2.27. The van der Waals surface area contributed by atoms with Gasteiger partial charge < -0.3 is 9.47 Å². The first-order valence-corrected chi connectivity index (χ1v) is 5.13. The molecule has 0 unspecified atom stereocenters. The lowest BCUT2D eigenvalue weighted by atomic mass is 10.2. The molecule has 1 aromatic rings. The van der Waals surface area contributed by atoms with Gasteiger partial charge in [-0.3, -0.25) is 0 Å². The van der Waals surface area contributed by atoms with Crippen LogP contribution in [-0.4, -0.2) is 12.6 Å². The first-order chi connectivity index (χ1) is 7.68. The molecule has 86 valence electrons. The largest absolute Gasteiger partial charge is 0.490 e. The molecule has 0 atom stereocenters. The summed E-state index contributed by atoms with van der Waals surface area (Å²) < 4.78 is 10.0. The van der Waals surface area contributed by atoms with E-state index in [4.69, 9.17) is 9.47 Å². The number of hydrogen-bond donors (Lipinski definition) is 0. The molecule has 0 heterocycles. The van der Waals surface area contributed by atoms with Crippen LogP contribution < -0.4 is 0 Å². The van der Waals surface area contributed by atoms with Crippen LogP contribution in [0.15, 0.2) is 42.2 Å². The molecule has 0 saturated carbocycles. The van der Waals surface area contributed by atoms with Crippen molar-refractivity contribution < 1.29 is 14.3 Å². The second-order valence-corrected chi connectivity index (χ2v) is 3.65. The van der Waals surface area contributed by atoms with E-state index < -0.39 is 0 Å². The first kappa shape index (κ1) is 12.3. The Morgan fingerprint density at radius 3 is 2.56 bits per heavy atom. The van der Waals surface area contributed by atoms with Gasteiger partial charge >= 0.3 is 5.97 Å². The van der Waals surface area contributed by atoms with Gasteiger partial charge in [0.2, 0.25) is 0 Å². The van der Waals surface area contributed by atoms with Crippen LogP contribution in [0.3, 0.4) is 0 Å². The van der Waals surface area contributed by atoms with E-state index in [1.165, 1.54) is 0 Å². The molecule has 0 aliphatic rings. The third kappa shape index (κ3) is 5.20. The van der Waals surface area contributed by atoms with Gasteiger partial charge in [0.05, 0.1) is 6.26 Å². The number of esters is 1. The average molecular weight is 220 g/mol. The van der Waals surface area contributed by atoms with Crippen LogP contribution in [0.1, 0.15) is 19.4 Å². The number of rotatable bonds is 5. The molecule has 0 aromatic heterocycles. The van der Waals surface area contributed by atoms with E-state index in [0.29, 0.717) is 0 Å². The van der Waals surface area contributed by atoms with Crippen molar-refractivity contribution in [3.05, 3.63) is 47.7 Å². The number of carbonyl (C=O) groups excluding carboxylic acids is 1. The summed E-state index contributed by atoms with van der Waals surface area (Å²) in [7, 11) is 0. The van der Waals surface area contributed by atoms with Crippen molar-refractivity contribution in [1.29, 1.82) is 0 Å². The van der Waals surface area contributed by atoms with E-state index in [1.807, 2.05) is 44.2 Å². The van der Waals surface area contributed by atoms with Crippen molar-refractivity contribution in [3.63, 3.8) is 0 Å². The summed E-state index contributed by atoms with van der Waals surface area (Å²) in [6, 6.07) is 9.55. The quantitative estimate of drug-likeness (QED) is 0.565. The van der Waals surface area contributed by atoms with E-state index in [-0.39, 0.29) is 19.2 Å². The molecular formula is C13H16O3. The summed E-state index contributed by atoms with van der Waals surface area (Å²) in [4.78, 5) is 11.2. The van der Waals surface area contributed by atoms with Gasteiger partial charge in [0.15, 0.2) is 6.61 Å². The van der Waals surface area contributed by atoms with E-state index in [2.05, 4.69) is 0 Å². The van der Waals surface area contributed by atoms with Gasteiger partial charge in [-0.15, -0.1) is 0 Å². The summed E-state index contributed by atoms with van der Waals surface area (Å²) in [6.07, 6.45) is 1.55. The predicted octanol–water partition coefficient (Wildman–Crippen LogP) is 2.67. The van der Waals surface area contributed by atoms with Gasteiger partial charge in [-0.1, -0.05) is 30.3 Å². The Labute approximate surface area is 95.7 Å². The normalized spacial score (nSPS) is 9.38. The zero-order valence-corrected chi connectivity index (χ0v) is 9.60. The molecule has 0 amide bonds. The molecule has 1 rings (SSSR count). The van der Waals surface area contributed by atoms with Crippen LogP contribution >= 0.6 is 0 Å². The highest BCUT2D eigenvalue weighted by atomic mass is 16.6. The Morgan fingerprint density at radius 1 is 1.25 bits per heavy atom. The fourth-order valence-electron chi connectivity index (χ4n) is 1.06. The molecule has 3 nitrogen and oxygen atoms in total. The Hall–Kier alpha value is -1.77. The van der Waals surface area contributed by atoms with Crippen molar-refractivity contribution in [2.75, 3.05) is 6.61 Å². The number of hydrogen-bond acceptors (Lipinski definition) is 3. The second-order valence-electron chi connectivity index (χ2n) is 3.65. The molecule has 16 heavy (non-hydrogen) atoms. The lowest BCUT2D eigenvalue weighted by molar-refractivity contribution is -0.148. The van der Waals surface area contributed by atoms with Crippen LogP contribution in [0.2, 0.25) is 0 Å². The highest BCUT2D eigenvalue weighted by Gasteiger charge is 2.02. The van der Waals surface area contributed by atoms with Crippen LogP contribution in [0.25, 0.3) is 0 Å². The monoisotopic (exact) mass is 220 g/mol. The lowest BCUT2D eigenvalue weighted by Crippen LogP contribution is -2.10. The lowest BCUT2D eigenvalue weighted by Gasteiger charge is -2.04. The molecule has 0 saturated heterocycles. The fourth-order valence-corrected chi connectivity index (χ4v) is 1.06. The maximum atomic E-state index is 11.2. The molecule has 0 fully saturated rings. The van der Waals surface area contributed by atoms with Gasteiger partial charge in [-0.2, -0.15) is 0 Å². The van der Waals surface area contributed by atoms with E-state index in [0.717, 1.165) is 11.1 Å². The molecule has 0 aliphatic carbocycles. The van der Waals surface area contributed by atoms with Gasteiger partial charge in [0.1, 0.15) is 6.61 Å². The van der Waals surface area contributed by atoms with E-state index in [9.17, 15) is 4.79 Å². The number of benzene rings is 1. The molecule has 0 aliphatic heterocycles. The number of allylic oxidation sites excluding steroid dienone is 1. The van der Waals surface area contributed by atoms with Crippen LogP contribution in [-0.2, 0) is 20.9 Å². The van der Waals surface area contributed by atoms with E-state index in [1.54, 1.807) is 6.26 Å². The summed E-state index contributed by atoms with van der Waals surface area (Å²) >= 11 is 0. The molecule has 0 radical (unpaired) electrons. The Kier molecular flexibility index (Phi) is 5.12. The second kappa shape index (κ2) is 6.67. The van der Waals surface area contributed by atoms with Crippen molar-refractivity contribution in [3.8, 4) is 0 Å².